The van der Waals surface area contributed by atoms with E-state index >= 15 is 0 Å². The first kappa shape index (κ1) is 14.5. The van der Waals surface area contributed by atoms with Crippen LogP contribution in [-0.4, -0.2) is 18.1 Å². The maximum absolute atomic E-state index is 4.17. The van der Waals surface area contributed by atoms with Crippen molar-refractivity contribution in [3.63, 3.8) is 0 Å². The second kappa shape index (κ2) is 6.51. The number of pyridine rings is 1. The highest BCUT2D eigenvalue weighted by molar-refractivity contribution is 5.24. The molecule has 0 radical (unpaired) electrons. The second-order valence-corrected chi connectivity index (χ2v) is 6.72. The summed E-state index contributed by atoms with van der Waals surface area (Å²) in [5.74, 6) is 1.61. The molecule has 106 valence electrons. The monoisotopic (exact) mass is 260 g/mol. The fourth-order valence-corrected chi connectivity index (χ4v) is 3.19. The zero-order chi connectivity index (χ0) is 13.7. The number of rotatable bonds is 5. The molecule has 19 heavy (non-hydrogen) atoms. The molecule has 2 nitrogen and oxygen atoms in total. The third kappa shape index (κ3) is 3.79. The Morgan fingerprint density at radius 2 is 1.89 bits per heavy atom. The third-order valence-electron chi connectivity index (χ3n) is 4.54. The predicted molar refractivity (Wildman–Crippen MR) is 81.3 cm³/mol. The van der Waals surface area contributed by atoms with Crippen LogP contribution in [0, 0.1) is 11.8 Å². The average molecular weight is 260 g/mol. The molecule has 1 saturated carbocycles. The highest BCUT2D eigenvalue weighted by Crippen LogP contribution is 2.40. The van der Waals surface area contributed by atoms with Crippen LogP contribution in [0.3, 0.4) is 0 Å². The maximum atomic E-state index is 4.17. The summed E-state index contributed by atoms with van der Waals surface area (Å²) in [7, 11) is 0. The van der Waals surface area contributed by atoms with E-state index in [-0.39, 0.29) is 0 Å². The number of hydrogen-bond donors (Lipinski definition) is 1. The highest BCUT2D eigenvalue weighted by Gasteiger charge is 2.35. The van der Waals surface area contributed by atoms with Gasteiger partial charge in [0.15, 0.2) is 0 Å². The summed E-state index contributed by atoms with van der Waals surface area (Å²) in [5.41, 5.74) is 1.82. The molecular formula is C17H28N2. The Labute approximate surface area is 118 Å². The van der Waals surface area contributed by atoms with Crippen LogP contribution in [0.1, 0.15) is 52.0 Å². The van der Waals surface area contributed by atoms with Gasteiger partial charge in [-0.2, -0.15) is 0 Å². The molecule has 0 spiro atoms. The fourth-order valence-electron chi connectivity index (χ4n) is 3.19. The van der Waals surface area contributed by atoms with Crippen molar-refractivity contribution >= 4 is 0 Å². The molecule has 0 saturated heterocycles. The average Bonchev–Trinajstić information content (AvgIpc) is 2.42. The maximum Gasteiger partial charge on any atom is 0.0270 e. The first-order chi connectivity index (χ1) is 9.12. The van der Waals surface area contributed by atoms with Crippen LogP contribution in [0.5, 0.6) is 0 Å². The number of nitrogens with one attached hydrogen (secondary N) is 1. The van der Waals surface area contributed by atoms with Gasteiger partial charge in [-0.3, -0.25) is 4.98 Å². The zero-order valence-corrected chi connectivity index (χ0v) is 12.7. The third-order valence-corrected chi connectivity index (χ3v) is 4.54. The van der Waals surface area contributed by atoms with Crippen molar-refractivity contribution in [3.8, 4) is 0 Å². The molecule has 0 amide bonds. The highest BCUT2D eigenvalue weighted by atomic mass is 14.9. The normalized spacial score (nSPS) is 27.7. The Morgan fingerprint density at radius 1 is 1.26 bits per heavy atom. The van der Waals surface area contributed by atoms with Crippen LogP contribution < -0.4 is 5.32 Å². The minimum absolute atomic E-state index is 0.338. The smallest absolute Gasteiger partial charge is 0.0270 e. The first-order valence-corrected chi connectivity index (χ1v) is 7.73. The molecule has 1 aliphatic carbocycles. The van der Waals surface area contributed by atoms with Crippen LogP contribution in [0.15, 0.2) is 24.5 Å². The fraction of sp³-hybridized carbons (Fsp3) is 0.706. The van der Waals surface area contributed by atoms with E-state index in [0.717, 1.165) is 24.9 Å². The van der Waals surface area contributed by atoms with Crippen molar-refractivity contribution < 1.29 is 0 Å². The van der Waals surface area contributed by atoms with Gasteiger partial charge in [-0.05, 0) is 61.8 Å². The molecule has 1 aromatic heterocycles. The Balaban J connectivity index is 2.09. The number of hydrogen-bond acceptors (Lipinski definition) is 2. The molecule has 0 atom stereocenters. The van der Waals surface area contributed by atoms with Crippen molar-refractivity contribution in [1.29, 1.82) is 0 Å². The van der Waals surface area contributed by atoms with Crippen molar-refractivity contribution in [2.75, 3.05) is 13.1 Å². The van der Waals surface area contributed by atoms with Crippen LogP contribution >= 0.6 is 0 Å². The predicted octanol–water partition coefficient (Wildman–Crippen LogP) is 3.78. The molecule has 1 N–H and O–H groups in total. The molecule has 0 unspecified atom stereocenters. The van der Waals surface area contributed by atoms with Gasteiger partial charge in [-0.15, -0.1) is 0 Å². The van der Waals surface area contributed by atoms with Gasteiger partial charge >= 0.3 is 0 Å². The summed E-state index contributed by atoms with van der Waals surface area (Å²) < 4.78 is 0. The van der Waals surface area contributed by atoms with Crippen LogP contribution in [0.25, 0.3) is 0 Å². The largest absolute Gasteiger partial charge is 0.316 e. The van der Waals surface area contributed by atoms with E-state index in [1.165, 1.54) is 31.2 Å². The SMILES string of the molecule is CC(C)CNCC1(c2ccncc2)CCC(C)CC1. The second-order valence-electron chi connectivity index (χ2n) is 6.72. The Kier molecular flexibility index (Phi) is 4.98. The summed E-state index contributed by atoms with van der Waals surface area (Å²) in [5, 5.41) is 3.69. The van der Waals surface area contributed by atoms with Gasteiger partial charge in [-0.25, -0.2) is 0 Å². The minimum Gasteiger partial charge on any atom is -0.316 e. The van der Waals surface area contributed by atoms with E-state index in [1.807, 2.05) is 12.4 Å². The first-order valence-electron chi connectivity index (χ1n) is 7.73. The molecule has 1 aromatic rings. The molecule has 1 aliphatic rings. The topological polar surface area (TPSA) is 24.9 Å². The van der Waals surface area contributed by atoms with Gasteiger partial charge in [0.1, 0.15) is 0 Å². The Bertz CT molecular complexity index is 364. The zero-order valence-electron chi connectivity index (χ0n) is 12.7. The minimum atomic E-state index is 0.338. The number of nitrogens with zero attached hydrogens (tertiary/aromatic N) is 1. The lowest BCUT2D eigenvalue weighted by Gasteiger charge is -2.40. The van der Waals surface area contributed by atoms with E-state index in [2.05, 4.69) is 43.2 Å². The summed E-state index contributed by atoms with van der Waals surface area (Å²) in [6.07, 6.45) is 9.21. The van der Waals surface area contributed by atoms with Crippen molar-refractivity contribution in [3.05, 3.63) is 30.1 Å². The van der Waals surface area contributed by atoms with Gasteiger partial charge in [-0.1, -0.05) is 20.8 Å². The molecule has 2 rings (SSSR count). The quantitative estimate of drug-likeness (QED) is 0.871. The van der Waals surface area contributed by atoms with Gasteiger partial charge in [0.05, 0.1) is 0 Å². The summed E-state index contributed by atoms with van der Waals surface area (Å²) in [6.45, 7) is 9.16. The molecule has 0 bridgehead atoms. The van der Waals surface area contributed by atoms with Crippen LogP contribution in [0.2, 0.25) is 0 Å². The standard InChI is InChI=1S/C17H28N2/c1-14(2)12-19-13-17(8-4-15(3)5-9-17)16-6-10-18-11-7-16/h6-7,10-11,14-15,19H,4-5,8-9,12-13H2,1-3H3. The van der Waals surface area contributed by atoms with E-state index in [9.17, 15) is 0 Å². The van der Waals surface area contributed by atoms with Crippen molar-refractivity contribution in [2.24, 2.45) is 11.8 Å². The van der Waals surface area contributed by atoms with Crippen molar-refractivity contribution in [1.82, 2.24) is 10.3 Å². The molecule has 0 aliphatic heterocycles. The lowest BCUT2D eigenvalue weighted by molar-refractivity contribution is 0.231. The van der Waals surface area contributed by atoms with Gasteiger partial charge in [0, 0.05) is 24.4 Å². The molecular weight excluding hydrogens is 232 g/mol. The lowest BCUT2D eigenvalue weighted by Crippen LogP contribution is -2.42. The molecule has 0 aromatic carbocycles. The number of aromatic nitrogens is 1. The summed E-state index contributed by atoms with van der Waals surface area (Å²) >= 11 is 0. The van der Waals surface area contributed by atoms with Gasteiger partial charge in [0.2, 0.25) is 0 Å². The van der Waals surface area contributed by atoms with E-state index in [0.29, 0.717) is 5.41 Å². The Hall–Kier alpha value is -0.890. The molecule has 1 heterocycles. The van der Waals surface area contributed by atoms with Gasteiger partial charge < -0.3 is 5.32 Å². The van der Waals surface area contributed by atoms with Gasteiger partial charge in [0.25, 0.3) is 0 Å². The molecule has 1 fully saturated rings. The van der Waals surface area contributed by atoms with Crippen LogP contribution in [0.4, 0.5) is 0 Å². The van der Waals surface area contributed by atoms with Crippen LogP contribution in [-0.2, 0) is 5.41 Å². The molecule has 2 heteroatoms. The van der Waals surface area contributed by atoms with E-state index < -0.39 is 0 Å². The summed E-state index contributed by atoms with van der Waals surface area (Å²) in [6, 6.07) is 4.43. The summed E-state index contributed by atoms with van der Waals surface area (Å²) in [4.78, 5) is 4.17. The van der Waals surface area contributed by atoms with E-state index in [4.69, 9.17) is 0 Å². The van der Waals surface area contributed by atoms with Crippen molar-refractivity contribution in [2.45, 2.75) is 51.9 Å². The lowest BCUT2D eigenvalue weighted by atomic mass is 9.67. The van der Waals surface area contributed by atoms with E-state index in [1.54, 1.807) is 0 Å². The Morgan fingerprint density at radius 3 is 2.47 bits per heavy atom.